The van der Waals surface area contributed by atoms with Gasteiger partial charge in [0.25, 0.3) is 0 Å². The molecule has 0 amide bonds. The maximum Gasteiger partial charge on any atom is 0.123 e. The maximum absolute atomic E-state index is 13.0. The molecule has 1 atom stereocenters. The quantitative estimate of drug-likeness (QED) is 0.290. The van der Waals surface area contributed by atoms with Crippen molar-refractivity contribution in [2.45, 2.75) is 19.1 Å². The lowest BCUT2D eigenvalue weighted by atomic mass is 9.93. The van der Waals surface area contributed by atoms with E-state index >= 15 is 0 Å². The number of halogens is 1. The fraction of sp³-hybridized carbons (Fsp3) is 0.125. The number of aliphatic imine (C=N–C) groups is 1. The molecule has 0 aliphatic heterocycles. The molecule has 3 N–H and O–H groups in total. The Bertz CT molecular complexity index is 1150. The van der Waals surface area contributed by atoms with Crippen LogP contribution in [0.4, 0.5) is 4.39 Å². The van der Waals surface area contributed by atoms with Gasteiger partial charge in [-0.15, -0.1) is 0 Å². The van der Waals surface area contributed by atoms with Gasteiger partial charge in [0, 0.05) is 6.42 Å². The molecule has 0 heterocycles. The van der Waals surface area contributed by atoms with Crippen molar-refractivity contribution in [1.29, 1.82) is 0 Å². The van der Waals surface area contributed by atoms with Crippen molar-refractivity contribution in [3.63, 3.8) is 0 Å². The van der Waals surface area contributed by atoms with E-state index in [9.17, 15) is 9.50 Å². The lowest BCUT2D eigenvalue weighted by molar-refractivity contribution is 0.187. The summed E-state index contributed by atoms with van der Waals surface area (Å²) in [5.41, 5.74) is 7.77. The molecule has 0 radical (unpaired) electrons. The second-order valence-corrected chi connectivity index (χ2v) is 6.89. The van der Waals surface area contributed by atoms with Crippen molar-refractivity contribution < 1.29 is 9.50 Å². The number of amidine groups is 1. The third-order valence-corrected chi connectivity index (χ3v) is 4.94. The second kappa shape index (κ2) is 7.79. The van der Waals surface area contributed by atoms with E-state index in [1.165, 1.54) is 12.1 Å². The Balaban J connectivity index is 1.61. The van der Waals surface area contributed by atoms with Gasteiger partial charge >= 0.3 is 0 Å². The number of hydrogen-bond donors (Lipinski definition) is 2. The van der Waals surface area contributed by atoms with Crippen LogP contribution in [0.25, 0.3) is 21.5 Å². The number of aliphatic hydroxyl groups excluding tert-OH is 1. The van der Waals surface area contributed by atoms with Gasteiger partial charge < -0.3 is 10.8 Å². The molecular formula is C24H21FN2O. The van der Waals surface area contributed by atoms with Crippen LogP contribution in [-0.2, 0) is 6.54 Å². The molecule has 140 valence electrons. The molecule has 4 rings (SSSR count). The summed E-state index contributed by atoms with van der Waals surface area (Å²) in [4.78, 5) is 4.34. The Morgan fingerprint density at radius 2 is 1.54 bits per heavy atom. The van der Waals surface area contributed by atoms with Crippen LogP contribution in [0.5, 0.6) is 0 Å². The highest BCUT2D eigenvalue weighted by Gasteiger charge is 2.15. The first kappa shape index (κ1) is 18.1. The Labute approximate surface area is 163 Å². The number of fused-ring (bicyclic) bond motifs is 3. The molecule has 3 nitrogen and oxygen atoms in total. The highest BCUT2D eigenvalue weighted by atomic mass is 19.1. The highest BCUT2D eigenvalue weighted by Crippen LogP contribution is 2.33. The van der Waals surface area contributed by atoms with Crippen molar-refractivity contribution in [2.24, 2.45) is 10.7 Å². The van der Waals surface area contributed by atoms with E-state index in [-0.39, 0.29) is 12.2 Å². The summed E-state index contributed by atoms with van der Waals surface area (Å²) in [6, 6.07) is 24.4. The Kier molecular flexibility index (Phi) is 5.04. The Morgan fingerprint density at radius 3 is 2.29 bits per heavy atom. The molecule has 0 bridgehead atoms. The van der Waals surface area contributed by atoms with Gasteiger partial charge in [-0.1, -0.05) is 60.7 Å². The SMILES string of the molecule is NC(CC(O)c1cc2ccccc2c2ccccc12)=NCc1ccc(F)cc1. The zero-order valence-corrected chi connectivity index (χ0v) is 15.3. The second-order valence-electron chi connectivity index (χ2n) is 6.89. The first-order valence-electron chi connectivity index (χ1n) is 9.23. The predicted molar refractivity (Wildman–Crippen MR) is 113 cm³/mol. The van der Waals surface area contributed by atoms with Crippen molar-refractivity contribution in [3.05, 3.63) is 95.8 Å². The molecule has 0 aliphatic rings. The fourth-order valence-corrected chi connectivity index (χ4v) is 3.51. The van der Waals surface area contributed by atoms with E-state index in [2.05, 4.69) is 17.1 Å². The monoisotopic (exact) mass is 372 g/mol. The van der Waals surface area contributed by atoms with Gasteiger partial charge in [0.1, 0.15) is 5.82 Å². The number of nitrogens with zero attached hydrogens (tertiary/aromatic N) is 1. The van der Waals surface area contributed by atoms with E-state index in [4.69, 9.17) is 5.73 Å². The Hall–Kier alpha value is -3.24. The first-order valence-corrected chi connectivity index (χ1v) is 9.23. The third kappa shape index (κ3) is 3.73. The summed E-state index contributed by atoms with van der Waals surface area (Å²) in [7, 11) is 0. The first-order chi connectivity index (χ1) is 13.6. The topological polar surface area (TPSA) is 58.6 Å². The van der Waals surface area contributed by atoms with Crippen LogP contribution in [0, 0.1) is 5.82 Å². The van der Waals surface area contributed by atoms with Crippen molar-refractivity contribution >= 4 is 27.4 Å². The van der Waals surface area contributed by atoms with Crippen LogP contribution < -0.4 is 5.73 Å². The van der Waals surface area contributed by atoms with E-state index in [1.807, 2.05) is 42.5 Å². The zero-order valence-electron chi connectivity index (χ0n) is 15.3. The molecule has 4 aromatic carbocycles. The molecule has 1 unspecified atom stereocenters. The number of hydrogen-bond acceptors (Lipinski definition) is 2. The van der Waals surface area contributed by atoms with Crippen LogP contribution in [-0.4, -0.2) is 10.9 Å². The van der Waals surface area contributed by atoms with Gasteiger partial charge in [0.2, 0.25) is 0 Å². The molecule has 0 saturated carbocycles. The average molecular weight is 372 g/mol. The van der Waals surface area contributed by atoms with Gasteiger partial charge in [0.05, 0.1) is 18.5 Å². The standard InChI is InChI=1S/C24H21FN2O/c25-18-11-9-16(10-12-18)15-27-24(26)14-23(28)22-13-17-5-1-2-6-19(17)20-7-3-4-8-21(20)22/h1-13,23,28H,14-15H2,(H2,26,27). The number of rotatable bonds is 5. The van der Waals surface area contributed by atoms with Gasteiger partial charge in [-0.2, -0.15) is 0 Å². The smallest absolute Gasteiger partial charge is 0.123 e. The van der Waals surface area contributed by atoms with E-state index in [0.29, 0.717) is 12.4 Å². The number of benzene rings is 4. The van der Waals surface area contributed by atoms with Crippen molar-refractivity contribution in [2.75, 3.05) is 0 Å². The van der Waals surface area contributed by atoms with Gasteiger partial charge in [-0.05, 0) is 50.9 Å². The number of nitrogens with two attached hydrogens (primary N) is 1. The summed E-state index contributed by atoms with van der Waals surface area (Å²) < 4.78 is 13.0. The van der Waals surface area contributed by atoms with E-state index in [1.54, 1.807) is 12.1 Å². The molecular weight excluding hydrogens is 351 g/mol. The summed E-state index contributed by atoms with van der Waals surface area (Å²) in [5, 5.41) is 15.2. The minimum absolute atomic E-state index is 0.240. The molecule has 4 heteroatoms. The zero-order chi connectivity index (χ0) is 19.5. The van der Waals surface area contributed by atoms with E-state index in [0.717, 1.165) is 32.7 Å². The molecule has 0 aromatic heterocycles. The fourth-order valence-electron chi connectivity index (χ4n) is 3.51. The van der Waals surface area contributed by atoms with Crippen molar-refractivity contribution in [1.82, 2.24) is 0 Å². The lowest BCUT2D eigenvalue weighted by Crippen LogP contribution is -2.16. The molecule has 0 fully saturated rings. The Morgan fingerprint density at radius 1 is 0.893 bits per heavy atom. The molecule has 4 aromatic rings. The van der Waals surface area contributed by atoms with Gasteiger partial charge in [0.15, 0.2) is 0 Å². The summed E-state index contributed by atoms with van der Waals surface area (Å²) in [6.07, 6.45) is -0.518. The van der Waals surface area contributed by atoms with Crippen LogP contribution in [0.3, 0.4) is 0 Å². The number of aliphatic hydroxyl groups is 1. The summed E-state index contributed by atoms with van der Waals surface area (Å²) in [6.45, 7) is 0.358. The average Bonchev–Trinajstić information content (AvgIpc) is 2.72. The normalized spacial score (nSPS) is 13.1. The van der Waals surface area contributed by atoms with Crippen molar-refractivity contribution in [3.8, 4) is 0 Å². The molecule has 28 heavy (non-hydrogen) atoms. The largest absolute Gasteiger partial charge is 0.388 e. The van der Waals surface area contributed by atoms with Crippen LogP contribution >= 0.6 is 0 Å². The minimum atomic E-state index is -0.758. The lowest BCUT2D eigenvalue weighted by Gasteiger charge is -2.16. The minimum Gasteiger partial charge on any atom is -0.388 e. The summed E-state index contributed by atoms with van der Waals surface area (Å²) >= 11 is 0. The van der Waals surface area contributed by atoms with Crippen LogP contribution in [0.15, 0.2) is 83.9 Å². The summed E-state index contributed by atoms with van der Waals surface area (Å²) in [5.74, 6) is 0.0911. The third-order valence-electron chi connectivity index (χ3n) is 4.94. The predicted octanol–water partition coefficient (Wildman–Crippen LogP) is 5.11. The van der Waals surface area contributed by atoms with E-state index < -0.39 is 6.10 Å². The molecule has 0 saturated heterocycles. The van der Waals surface area contributed by atoms with Crippen LogP contribution in [0.2, 0.25) is 0 Å². The maximum atomic E-state index is 13.0. The van der Waals surface area contributed by atoms with Gasteiger partial charge in [-0.3, -0.25) is 4.99 Å². The molecule has 0 aliphatic carbocycles. The van der Waals surface area contributed by atoms with Gasteiger partial charge in [-0.25, -0.2) is 4.39 Å². The molecule has 0 spiro atoms. The highest BCUT2D eigenvalue weighted by molar-refractivity contribution is 6.09. The van der Waals surface area contributed by atoms with Crippen LogP contribution in [0.1, 0.15) is 23.7 Å².